The van der Waals surface area contributed by atoms with Gasteiger partial charge in [-0.15, -0.1) is 11.3 Å². The second kappa shape index (κ2) is 7.08. The SMILES string of the molecule is C/C=C1/NC(c2cc3cccc(-c4ccccc4OC)c3s2)CC(=O)N1C. The van der Waals surface area contributed by atoms with Crippen molar-refractivity contribution in [3.8, 4) is 16.9 Å². The number of ether oxygens (including phenoxy) is 1. The number of thiophene rings is 1. The Hall–Kier alpha value is -2.79. The first-order valence-corrected chi connectivity index (χ1v) is 9.79. The van der Waals surface area contributed by atoms with Gasteiger partial charge in [0.05, 0.1) is 19.6 Å². The summed E-state index contributed by atoms with van der Waals surface area (Å²) in [6, 6.07) is 16.6. The maximum Gasteiger partial charge on any atom is 0.230 e. The molecule has 1 atom stereocenters. The van der Waals surface area contributed by atoms with E-state index >= 15 is 0 Å². The molecular weight excluding hydrogens is 356 g/mol. The van der Waals surface area contributed by atoms with E-state index in [1.165, 1.54) is 15.0 Å². The number of carbonyl (C=O) groups excluding carboxylic acids is 1. The van der Waals surface area contributed by atoms with Crippen LogP contribution in [0.1, 0.15) is 24.3 Å². The first kappa shape index (κ1) is 17.6. The number of carbonyl (C=O) groups is 1. The molecule has 0 radical (unpaired) electrons. The lowest BCUT2D eigenvalue weighted by Gasteiger charge is -2.32. The van der Waals surface area contributed by atoms with E-state index in [1.807, 2.05) is 38.2 Å². The molecule has 5 heteroatoms. The van der Waals surface area contributed by atoms with E-state index in [0.717, 1.165) is 22.7 Å². The largest absolute Gasteiger partial charge is 0.496 e. The zero-order valence-corrected chi connectivity index (χ0v) is 16.5. The van der Waals surface area contributed by atoms with Crippen molar-refractivity contribution in [2.45, 2.75) is 19.4 Å². The van der Waals surface area contributed by atoms with Crippen molar-refractivity contribution in [3.63, 3.8) is 0 Å². The maximum atomic E-state index is 12.4. The molecule has 138 valence electrons. The Bertz CT molecular complexity index is 1040. The van der Waals surface area contributed by atoms with Gasteiger partial charge in [-0.2, -0.15) is 0 Å². The number of hydrogen-bond donors (Lipinski definition) is 1. The summed E-state index contributed by atoms with van der Waals surface area (Å²) in [5.41, 5.74) is 2.24. The van der Waals surface area contributed by atoms with E-state index in [4.69, 9.17) is 4.74 Å². The third-order valence-corrected chi connectivity index (χ3v) is 6.31. The molecule has 2 aromatic carbocycles. The highest BCUT2D eigenvalue weighted by atomic mass is 32.1. The summed E-state index contributed by atoms with van der Waals surface area (Å²) in [5, 5.41) is 4.68. The Morgan fingerprint density at radius 1 is 1.19 bits per heavy atom. The molecule has 1 aliphatic rings. The maximum absolute atomic E-state index is 12.4. The summed E-state index contributed by atoms with van der Waals surface area (Å²) in [7, 11) is 3.51. The van der Waals surface area contributed by atoms with Crippen LogP contribution >= 0.6 is 11.3 Å². The molecule has 1 aliphatic heterocycles. The van der Waals surface area contributed by atoms with Gasteiger partial charge in [-0.1, -0.05) is 36.4 Å². The van der Waals surface area contributed by atoms with Gasteiger partial charge in [-0.25, -0.2) is 0 Å². The third kappa shape index (κ3) is 3.08. The van der Waals surface area contributed by atoms with E-state index in [9.17, 15) is 4.79 Å². The van der Waals surface area contributed by atoms with Crippen LogP contribution in [0.25, 0.3) is 21.2 Å². The minimum atomic E-state index is 0.00261. The minimum absolute atomic E-state index is 0.00261. The number of nitrogens with one attached hydrogen (secondary N) is 1. The zero-order valence-electron chi connectivity index (χ0n) is 15.7. The predicted molar refractivity (Wildman–Crippen MR) is 111 cm³/mol. The van der Waals surface area contributed by atoms with E-state index in [-0.39, 0.29) is 11.9 Å². The molecular formula is C22H22N2O2S. The van der Waals surface area contributed by atoms with Crippen molar-refractivity contribution >= 4 is 27.3 Å². The van der Waals surface area contributed by atoms with Gasteiger partial charge in [0.15, 0.2) is 0 Å². The van der Waals surface area contributed by atoms with Crippen molar-refractivity contribution in [1.82, 2.24) is 10.2 Å². The van der Waals surface area contributed by atoms with E-state index in [0.29, 0.717) is 6.42 Å². The van der Waals surface area contributed by atoms with Gasteiger partial charge in [-0.3, -0.25) is 4.79 Å². The normalized spacial score (nSPS) is 18.8. The van der Waals surface area contributed by atoms with Gasteiger partial charge in [-0.05, 0) is 30.5 Å². The first-order valence-electron chi connectivity index (χ1n) is 8.97. The summed E-state index contributed by atoms with van der Waals surface area (Å²) in [4.78, 5) is 15.2. The topological polar surface area (TPSA) is 41.6 Å². The molecule has 2 heterocycles. The summed E-state index contributed by atoms with van der Waals surface area (Å²) in [5.74, 6) is 1.86. The van der Waals surface area contributed by atoms with Crippen molar-refractivity contribution in [2.24, 2.45) is 0 Å². The van der Waals surface area contributed by atoms with Gasteiger partial charge in [0.1, 0.15) is 11.6 Å². The number of nitrogens with zero attached hydrogens (tertiary/aromatic N) is 1. The fraction of sp³-hybridized carbons (Fsp3) is 0.227. The fourth-order valence-corrected chi connectivity index (χ4v) is 4.79. The molecule has 4 rings (SSSR count). The average Bonchev–Trinajstić information content (AvgIpc) is 3.14. The second-order valence-corrected chi connectivity index (χ2v) is 7.68. The highest BCUT2D eigenvalue weighted by Gasteiger charge is 2.28. The number of methoxy groups -OCH3 is 1. The van der Waals surface area contributed by atoms with Crippen LogP contribution in [0.3, 0.4) is 0 Å². The minimum Gasteiger partial charge on any atom is -0.496 e. The lowest BCUT2D eigenvalue weighted by atomic mass is 10.0. The van der Waals surface area contributed by atoms with Crippen LogP contribution in [-0.4, -0.2) is 25.0 Å². The van der Waals surface area contributed by atoms with Gasteiger partial charge in [0.25, 0.3) is 0 Å². The lowest BCUT2D eigenvalue weighted by molar-refractivity contribution is -0.130. The Kier molecular flexibility index (Phi) is 4.62. The van der Waals surface area contributed by atoms with Crippen LogP contribution in [0.4, 0.5) is 0 Å². The van der Waals surface area contributed by atoms with E-state index in [2.05, 4.69) is 35.6 Å². The van der Waals surface area contributed by atoms with Gasteiger partial charge in [0, 0.05) is 27.8 Å². The Morgan fingerprint density at radius 3 is 2.74 bits per heavy atom. The molecule has 1 N–H and O–H groups in total. The number of fused-ring (bicyclic) bond motifs is 1. The van der Waals surface area contributed by atoms with Crippen molar-refractivity contribution < 1.29 is 9.53 Å². The van der Waals surface area contributed by atoms with Crippen molar-refractivity contribution in [3.05, 3.63) is 65.3 Å². The Labute approximate surface area is 163 Å². The molecule has 1 saturated heterocycles. The summed E-state index contributed by atoms with van der Waals surface area (Å²) in [6.07, 6.45) is 2.41. The van der Waals surface area contributed by atoms with Crippen molar-refractivity contribution in [1.29, 1.82) is 0 Å². The van der Waals surface area contributed by atoms with Crippen LogP contribution < -0.4 is 10.1 Å². The van der Waals surface area contributed by atoms with Gasteiger partial charge >= 0.3 is 0 Å². The van der Waals surface area contributed by atoms with Gasteiger partial charge in [0.2, 0.25) is 5.91 Å². The quantitative estimate of drug-likeness (QED) is 0.702. The van der Waals surface area contributed by atoms with E-state index < -0.39 is 0 Å². The highest BCUT2D eigenvalue weighted by molar-refractivity contribution is 7.19. The molecule has 0 saturated carbocycles. The molecule has 27 heavy (non-hydrogen) atoms. The molecule has 3 aromatic rings. The van der Waals surface area contributed by atoms with Crippen LogP contribution in [0.2, 0.25) is 0 Å². The van der Waals surface area contributed by atoms with Crippen molar-refractivity contribution in [2.75, 3.05) is 14.2 Å². The molecule has 1 unspecified atom stereocenters. The number of allylic oxidation sites excluding steroid dienone is 1. The monoisotopic (exact) mass is 378 g/mol. The fourth-order valence-electron chi connectivity index (χ4n) is 3.55. The molecule has 1 aromatic heterocycles. The molecule has 1 fully saturated rings. The third-order valence-electron chi connectivity index (χ3n) is 5.01. The van der Waals surface area contributed by atoms with Crippen LogP contribution in [0, 0.1) is 0 Å². The smallest absolute Gasteiger partial charge is 0.230 e. The molecule has 4 nitrogen and oxygen atoms in total. The summed E-state index contributed by atoms with van der Waals surface area (Å²) < 4.78 is 6.78. The van der Waals surface area contributed by atoms with Gasteiger partial charge < -0.3 is 15.0 Å². The summed E-state index contributed by atoms with van der Waals surface area (Å²) in [6.45, 7) is 1.94. The predicted octanol–water partition coefficient (Wildman–Crippen LogP) is 4.93. The van der Waals surface area contributed by atoms with Crippen LogP contribution in [-0.2, 0) is 4.79 Å². The Morgan fingerprint density at radius 2 is 1.96 bits per heavy atom. The zero-order chi connectivity index (χ0) is 19.0. The highest BCUT2D eigenvalue weighted by Crippen LogP contribution is 2.41. The summed E-state index contributed by atoms with van der Waals surface area (Å²) >= 11 is 1.74. The molecule has 0 aliphatic carbocycles. The number of hydrogen-bond acceptors (Lipinski definition) is 4. The first-order chi connectivity index (χ1) is 13.1. The van der Waals surface area contributed by atoms with E-state index in [1.54, 1.807) is 23.3 Å². The molecule has 0 bridgehead atoms. The van der Waals surface area contributed by atoms with Crippen LogP contribution in [0.15, 0.2) is 60.4 Å². The number of rotatable bonds is 3. The standard InChI is InChI=1S/C22H22N2O2S/c1-4-20-23-17(13-21(25)24(20)2)19-12-14-8-7-10-16(22(14)27-19)15-9-5-6-11-18(15)26-3/h4-12,17,23H,13H2,1-3H3/b20-4-. The molecule has 0 spiro atoms. The Balaban J connectivity index is 1.79. The number of benzene rings is 2. The number of para-hydroxylation sites is 1. The second-order valence-electron chi connectivity index (χ2n) is 6.60. The molecule has 1 amide bonds. The van der Waals surface area contributed by atoms with Crippen LogP contribution in [0.5, 0.6) is 5.75 Å². The average molecular weight is 378 g/mol. The lowest BCUT2D eigenvalue weighted by Crippen LogP contribution is -2.42. The number of amides is 1.